The van der Waals surface area contributed by atoms with Crippen molar-refractivity contribution in [2.75, 3.05) is 0 Å². The fraction of sp³-hybridized carbons (Fsp3) is 0.353. The Bertz CT molecular complexity index is 628. The van der Waals surface area contributed by atoms with E-state index in [-0.39, 0.29) is 6.04 Å². The van der Waals surface area contributed by atoms with Crippen molar-refractivity contribution < 1.29 is 4.74 Å². The molecule has 0 aliphatic carbocycles. The van der Waals surface area contributed by atoms with E-state index < -0.39 is 6.10 Å². The summed E-state index contributed by atoms with van der Waals surface area (Å²) in [6.45, 7) is 3.92. The van der Waals surface area contributed by atoms with E-state index in [1.54, 1.807) is 0 Å². The lowest BCUT2D eigenvalue weighted by Crippen LogP contribution is -2.20. The fourth-order valence-corrected chi connectivity index (χ4v) is 2.31. The summed E-state index contributed by atoms with van der Waals surface area (Å²) in [6, 6.07) is 14.4. The smallest absolute Gasteiger partial charge is 0.184 e. The van der Waals surface area contributed by atoms with Crippen LogP contribution in [0.1, 0.15) is 25.8 Å². The van der Waals surface area contributed by atoms with E-state index in [2.05, 4.69) is 18.2 Å². The van der Waals surface area contributed by atoms with Gasteiger partial charge in [-0.1, -0.05) is 37.3 Å². The van der Waals surface area contributed by atoms with Crippen molar-refractivity contribution in [2.45, 2.75) is 38.8 Å². The maximum Gasteiger partial charge on any atom is 0.184 e. The van der Waals surface area contributed by atoms with Crippen LogP contribution >= 0.6 is 0 Å². The van der Waals surface area contributed by atoms with Crippen molar-refractivity contribution in [2.24, 2.45) is 5.73 Å². The molecule has 0 fully saturated rings. The summed E-state index contributed by atoms with van der Waals surface area (Å²) in [5, 5.41) is 11.4. The third-order valence-corrected chi connectivity index (χ3v) is 3.31. The standard InChI is InChI=1S/C17H20N2O/c1-3-14(11-18)20-17-9-8-13-6-4-5-7-15(13)16(17)10-12(2)19/h4-9,12,14H,3,10,19H2,1-2H3. The second-order valence-corrected chi connectivity index (χ2v) is 5.09. The van der Waals surface area contributed by atoms with Crippen LogP contribution in [0.2, 0.25) is 0 Å². The van der Waals surface area contributed by atoms with Gasteiger partial charge < -0.3 is 10.5 Å². The van der Waals surface area contributed by atoms with Crippen molar-refractivity contribution in [3.05, 3.63) is 42.0 Å². The number of ether oxygens (including phenoxy) is 1. The molecule has 104 valence electrons. The van der Waals surface area contributed by atoms with Gasteiger partial charge in [-0.2, -0.15) is 5.26 Å². The van der Waals surface area contributed by atoms with Crippen molar-refractivity contribution in [3.63, 3.8) is 0 Å². The van der Waals surface area contributed by atoms with Gasteiger partial charge in [-0.25, -0.2) is 0 Å². The zero-order chi connectivity index (χ0) is 14.5. The second kappa shape index (κ2) is 6.40. The Morgan fingerprint density at radius 3 is 2.65 bits per heavy atom. The Morgan fingerprint density at radius 1 is 1.25 bits per heavy atom. The second-order valence-electron chi connectivity index (χ2n) is 5.09. The van der Waals surface area contributed by atoms with Crippen LogP contribution in [0.15, 0.2) is 36.4 Å². The number of nitrogens with two attached hydrogens (primary N) is 1. The molecule has 0 aliphatic rings. The molecule has 0 heterocycles. The molecule has 0 radical (unpaired) electrons. The zero-order valence-corrected chi connectivity index (χ0v) is 12.0. The number of nitrogens with zero attached hydrogens (tertiary/aromatic N) is 1. The van der Waals surface area contributed by atoms with E-state index in [9.17, 15) is 0 Å². The minimum Gasteiger partial charge on any atom is -0.475 e. The summed E-state index contributed by atoms with van der Waals surface area (Å²) in [5.74, 6) is 0.773. The average Bonchev–Trinajstić information content (AvgIpc) is 2.46. The molecule has 2 atom stereocenters. The van der Waals surface area contributed by atoms with Gasteiger partial charge in [0.15, 0.2) is 6.10 Å². The van der Waals surface area contributed by atoms with E-state index in [1.807, 2.05) is 38.1 Å². The maximum atomic E-state index is 9.07. The quantitative estimate of drug-likeness (QED) is 0.904. The van der Waals surface area contributed by atoms with E-state index in [4.69, 9.17) is 15.7 Å². The molecule has 0 amide bonds. The summed E-state index contributed by atoms with van der Waals surface area (Å²) < 4.78 is 5.84. The zero-order valence-electron chi connectivity index (χ0n) is 12.0. The average molecular weight is 268 g/mol. The highest BCUT2D eigenvalue weighted by molar-refractivity contribution is 5.87. The molecule has 0 aromatic heterocycles. The van der Waals surface area contributed by atoms with Gasteiger partial charge in [-0.3, -0.25) is 0 Å². The van der Waals surface area contributed by atoms with Gasteiger partial charge in [0, 0.05) is 11.6 Å². The van der Waals surface area contributed by atoms with Crippen LogP contribution in [0.3, 0.4) is 0 Å². The molecule has 2 aromatic rings. The molecule has 0 saturated carbocycles. The van der Waals surface area contributed by atoms with E-state index in [0.29, 0.717) is 6.42 Å². The topological polar surface area (TPSA) is 59.0 Å². The number of fused-ring (bicyclic) bond motifs is 1. The van der Waals surface area contributed by atoms with Crippen LogP contribution in [0, 0.1) is 11.3 Å². The van der Waals surface area contributed by atoms with Crippen LogP contribution in [0.25, 0.3) is 10.8 Å². The summed E-state index contributed by atoms with van der Waals surface area (Å²) in [4.78, 5) is 0. The molecule has 0 saturated heterocycles. The highest BCUT2D eigenvalue weighted by atomic mass is 16.5. The van der Waals surface area contributed by atoms with Gasteiger partial charge in [0.1, 0.15) is 11.8 Å². The first-order chi connectivity index (χ1) is 9.65. The molecular formula is C17H20N2O. The van der Waals surface area contributed by atoms with Gasteiger partial charge in [-0.05, 0) is 36.6 Å². The Kier molecular flexibility index (Phi) is 4.60. The lowest BCUT2D eigenvalue weighted by molar-refractivity contribution is 0.249. The summed E-state index contributed by atoms with van der Waals surface area (Å²) in [7, 11) is 0. The van der Waals surface area contributed by atoms with Crippen LogP contribution in [-0.2, 0) is 6.42 Å². The molecule has 2 rings (SSSR count). The maximum absolute atomic E-state index is 9.07. The van der Waals surface area contributed by atoms with Crippen LogP contribution < -0.4 is 10.5 Å². The first-order valence-electron chi connectivity index (χ1n) is 6.98. The normalized spacial score (nSPS) is 13.7. The molecule has 2 aromatic carbocycles. The van der Waals surface area contributed by atoms with E-state index in [1.165, 1.54) is 5.39 Å². The fourth-order valence-electron chi connectivity index (χ4n) is 2.31. The molecule has 0 spiro atoms. The van der Waals surface area contributed by atoms with Gasteiger partial charge in [-0.15, -0.1) is 0 Å². The number of hydrogen-bond donors (Lipinski definition) is 1. The molecule has 3 heteroatoms. The molecule has 0 aliphatic heterocycles. The molecule has 0 bridgehead atoms. The minimum absolute atomic E-state index is 0.0466. The highest BCUT2D eigenvalue weighted by Gasteiger charge is 2.14. The van der Waals surface area contributed by atoms with Gasteiger partial charge in [0.05, 0.1) is 0 Å². The third kappa shape index (κ3) is 3.09. The van der Waals surface area contributed by atoms with Gasteiger partial charge in [0.25, 0.3) is 0 Å². The Labute approximate surface area is 120 Å². The lowest BCUT2D eigenvalue weighted by atomic mass is 9.98. The summed E-state index contributed by atoms with van der Waals surface area (Å²) in [6.07, 6.45) is 0.988. The highest BCUT2D eigenvalue weighted by Crippen LogP contribution is 2.30. The summed E-state index contributed by atoms with van der Waals surface area (Å²) in [5.41, 5.74) is 7.05. The number of benzene rings is 2. The first-order valence-corrected chi connectivity index (χ1v) is 6.98. The molecular weight excluding hydrogens is 248 g/mol. The Morgan fingerprint density at radius 2 is 2.00 bits per heavy atom. The van der Waals surface area contributed by atoms with Gasteiger partial charge in [0.2, 0.25) is 0 Å². The van der Waals surface area contributed by atoms with Gasteiger partial charge >= 0.3 is 0 Å². The monoisotopic (exact) mass is 268 g/mol. The number of nitriles is 1. The van der Waals surface area contributed by atoms with Crippen molar-refractivity contribution in [1.29, 1.82) is 5.26 Å². The Balaban J connectivity index is 2.50. The molecule has 2 N–H and O–H groups in total. The number of hydrogen-bond acceptors (Lipinski definition) is 3. The SMILES string of the molecule is CCC(C#N)Oc1ccc2ccccc2c1CC(C)N. The summed E-state index contributed by atoms with van der Waals surface area (Å²) >= 11 is 0. The van der Waals surface area contributed by atoms with Crippen LogP contribution in [0.5, 0.6) is 5.75 Å². The van der Waals surface area contributed by atoms with Crippen LogP contribution in [-0.4, -0.2) is 12.1 Å². The lowest BCUT2D eigenvalue weighted by Gasteiger charge is -2.18. The molecule has 2 unspecified atom stereocenters. The predicted octanol–water partition coefficient (Wildman–Crippen LogP) is 3.41. The van der Waals surface area contributed by atoms with Crippen molar-refractivity contribution in [3.8, 4) is 11.8 Å². The molecule has 3 nitrogen and oxygen atoms in total. The van der Waals surface area contributed by atoms with E-state index >= 15 is 0 Å². The predicted molar refractivity (Wildman–Crippen MR) is 81.6 cm³/mol. The number of rotatable bonds is 5. The minimum atomic E-state index is -0.414. The van der Waals surface area contributed by atoms with E-state index in [0.717, 1.165) is 23.1 Å². The third-order valence-electron chi connectivity index (χ3n) is 3.31. The van der Waals surface area contributed by atoms with Crippen molar-refractivity contribution >= 4 is 10.8 Å². The first kappa shape index (κ1) is 14.4. The van der Waals surface area contributed by atoms with Crippen molar-refractivity contribution in [1.82, 2.24) is 0 Å². The largest absolute Gasteiger partial charge is 0.475 e. The molecule has 20 heavy (non-hydrogen) atoms. The van der Waals surface area contributed by atoms with Crippen LogP contribution in [0.4, 0.5) is 0 Å². The Hall–Kier alpha value is -2.05.